The summed E-state index contributed by atoms with van der Waals surface area (Å²) in [5.41, 5.74) is 1.86. The fraction of sp³-hybridized carbons (Fsp3) is 0.0625. The van der Waals surface area contributed by atoms with Crippen LogP contribution in [-0.2, 0) is 4.79 Å². The Morgan fingerprint density at radius 1 is 1.16 bits per heavy atom. The Bertz CT molecular complexity index is 629. The first-order chi connectivity index (χ1) is 9.08. The zero-order valence-electron chi connectivity index (χ0n) is 10.6. The van der Waals surface area contributed by atoms with Crippen LogP contribution in [0.1, 0.15) is 6.92 Å². The van der Waals surface area contributed by atoms with Gasteiger partial charge in [-0.3, -0.25) is 0 Å². The molecule has 0 bridgehead atoms. The summed E-state index contributed by atoms with van der Waals surface area (Å²) in [4.78, 5) is 11.6. The average Bonchev–Trinajstić information content (AvgIpc) is 2.39. The van der Waals surface area contributed by atoms with Gasteiger partial charge in [0.2, 0.25) is 0 Å². The first-order valence-corrected chi connectivity index (χ1v) is 5.84. The molecule has 0 aromatic heterocycles. The molecule has 0 aliphatic carbocycles. The lowest BCUT2D eigenvalue weighted by Gasteiger charge is -2.10. The third-order valence-corrected chi connectivity index (χ3v) is 2.60. The quantitative estimate of drug-likeness (QED) is 0.517. The maximum atomic E-state index is 11.6. The fourth-order valence-electron chi connectivity index (χ4n) is 1.65. The average molecular weight is 254 g/mol. The molecular formula is C16H14O3. The number of ether oxygens (including phenoxy) is 1. The number of benzene rings is 2. The van der Waals surface area contributed by atoms with Gasteiger partial charge in [-0.15, -0.1) is 0 Å². The van der Waals surface area contributed by atoms with Crippen molar-refractivity contribution >= 4 is 5.97 Å². The predicted octanol–water partition coefficient (Wildman–Crippen LogP) is 3.54. The molecule has 19 heavy (non-hydrogen) atoms. The monoisotopic (exact) mass is 254 g/mol. The Hall–Kier alpha value is -2.55. The summed E-state index contributed by atoms with van der Waals surface area (Å²) in [5, 5.41) is 9.51. The molecule has 96 valence electrons. The Kier molecular flexibility index (Phi) is 3.66. The molecule has 1 N–H and O–H groups in total. The van der Waals surface area contributed by atoms with Gasteiger partial charge in [0.15, 0.2) is 0 Å². The minimum Gasteiger partial charge on any atom is -0.508 e. The number of phenols is 1. The second-order valence-electron chi connectivity index (χ2n) is 4.22. The van der Waals surface area contributed by atoms with Crippen molar-refractivity contribution < 1.29 is 14.6 Å². The Labute approximate surface area is 111 Å². The normalized spacial score (nSPS) is 9.95. The van der Waals surface area contributed by atoms with E-state index >= 15 is 0 Å². The minimum atomic E-state index is -0.465. The van der Waals surface area contributed by atoms with E-state index in [4.69, 9.17) is 4.74 Å². The molecule has 0 saturated heterocycles. The van der Waals surface area contributed by atoms with Gasteiger partial charge in [0.25, 0.3) is 0 Å². The summed E-state index contributed by atoms with van der Waals surface area (Å²) in [5.74, 6) is 0.146. The summed E-state index contributed by atoms with van der Waals surface area (Å²) in [6.45, 7) is 5.15. The molecule has 0 saturated carbocycles. The van der Waals surface area contributed by atoms with Crippen LogP contribution in [0, 0.1) is 0 Å². The van der Waals surface area contributed by atoms with Crippen LogP contribution in [0.15, 0.2) is 60.7 Å². The van der Waals surface area contributed by atoms with Crippen molar-refractivity contribution in [3.8, 4) is 22.6 Å². The Balaban J connectivity index is 2.41. The molecular weight excluding hydrogens is 240 g/mol. The number of phenolic OH excluding ortho intramolecular Hbond substituents is 1. The molecule has 0 fully saturated rings. The lowest BCUT2D eigenvalue weighted by molar-refractivity contribution is -0.130. The van der Waals surface area contributed by atoms with Crippen LogP contribution >= 0.6 is 0 Å². The second-order valence-corrected chi connectivity index (χ2v) is 4.22. The molecule has 0 aliphatic heterocycles. The molecule has 3 nitrogen and oxygen atoms in total. The molecule has 3 heteroatoms. The van der Waals surface area contributed by atoms with Crippen LogP contribution in [0.4, 0.5) is 0 Å². The number of carbonyl (C=O) groups excluding carboxylic acids is 1. The highest BCUT2D eigenvalue weighted by Gasteiger charge is 2.11. The van der Waals surface area contributed by atoms with Gasteiger partial charge >= 0.3 is 5.97 Å². The van der Waals surface area contributed by atoms with Crippen molar-refractivity contribution in [3.63, 3.8) is 0 Å². The third kappa shape index (κ3) is 3.01. The van der Waals surface area contributed by atoms with E-state index in [1.165, 1.54) is 0 Å². The highest BCUT2D eigenvalue weighted by molar-refractivity contribution is 5.90. The maximum absolute atomic E-state index is 11.6. The van der Waals surface area contributed by atoms with Gasteiger partial charge in [-0.1, -0.05) is 36.9 Å². The van der Waals surface area contributed by atoms with Crippen molar-refractivity contribution in [2.24, 2.45) is 0 Å². The molecule has 0 radical (unpaired) electrons. The molecule has 2 rings (SSSR count). The van der Waals surface area contributed by atoms with Gasteiger partial charge in [-0.2, -0.15) is 0 Å². The number of hydrogen-bond donors (Lipinski definition) is 1. The molecule has 0 heterocycles. The second kappa shape index (κ2) is 5.40. The highest BCUT2D eigenvalue weighted by atomic mass is 16.5. The van der Waals surface area contributed by atoms with Crippen molar-refractivity contribution in [3.05, 3.63) is 60.7 Å². The molecule has 0 spiro atoms. The van der Waals surface area contributed by atoms with E-state index in [2.05, 4.69) is 6.58 Å². The smallest absolute Gasteiger partial charge is 0.338 e. The summed E-state index contributed by atoms with van der Waals surface area (Å²) in [6, 6.07) is 14.0. The van der Waals surface area contributed by atoms with E-state index in [0.717, 1.165) is 11.1 Å². The Morgan fingerprint density at radius 2 is 1.89 bits per heavy atom. The maximum Gasteiger partial charge on any atom is 0.338 e. The van der Waals surface area contributed by atoms with Crippen LogP contribution in [0.3, 0.4) is 0 Å². The first kappa shape index (κ1) is 12.9. The fourth-order valence-corrected chi connectivity index (χ4v) is 1.65. The first-order valence-electron chi connectivity index (χ1n) is 5.84. The number of esters is 1. The van der Waals surface area contributed by atoms with Crippen molar-refractivity contribution in [1.82, 2.24) is 0 Å². The third-order valence-electron chi connectivity index (χ3n) is 2.60. The minimum absolute atomic E-state index is 0.165. The highest BCUT2D eigenvalue weighted by Crippen LogP contribution is 2.31. The predicted molar refractivity (Wildman–Crippen MR) is 74.0 cm³/mol. The van der Waals surface area contributed by atoms with Gasteiger partial charge in [0.05, 0.1) is 0 Å². The van der Waals surface area contributed by atoms with Crippen LogP contribution in [0.25, 0.3) is 11.1 Å². The summed E-state index contributed by atoms with van der Waals surface area (Å²) < 4.78 is 5.28. The zero-order chi connectivity index (χ0) is 13.8. The largest absolute Gasteiger partial charge is 0.508 e. The van der Waals surface area contributed by atoms with Crippen molar-refractivity contribution in [1.29, 1.82) is 0 Å². The molecule has 0 unspecified atom stereocenters. The van der Waals surface area contributed by atoms with Crippen LogP contribution in [-0.4, -0.2) is 11.1 Å². The molecule has 2 aromatic rings. The Morgan fingerprint density at radius 3 is 2.58 bits per heavy atom. The van der Waals surface area contributed by atoms with E-state index in [1.807, 2.05) is 18.2 Å². The van der Waals surface area contributed by atoms with Gasteiger partial charge in [-0.05, 0) is 30.7 Å². The summed E-state index contributed by atoms with van der Waals surface area (Å²) >= 11 is 0. The summed E-state index contributed by atoms with van der Waals surface area (Å²) in [6.07, 6.45) is 0. The van der Waals surface area contributed by atoms with Crippen LogP contribution in [0.2, 0.25) is 0 Å². The number of para-hydroxylation sites is 1. The van der Waals surface area contributed by atoms with Gasteiger partial charge in [0, 0.05) is 11.1 Å². The number of aromatic hydroxyl groups is 1. The topological polar surface area (TPSA) is 46.5 Å². The van der Waals surface area contributed by atoms with Gasteiger partial charge < -0.3 is 9.84 Å². The van der Waals surface area contributed by atoms with E-state index in [9.17, 15) is 9.90 Å². The number of rotatable bonds is 3. The lowest BCUT2D eigenvalue weighted by atomic mass is 10.0. The number of hydrogen-bond acceptors (Lipinski definition) is 3. The van der Waals surface area contributed by atoms with Crippen molar-refractivity contribution in [2.75, 3.05) is 0 Å². The summed E-state index contributed by atoms with van der Waals surface area (Å²) in [7, 11) is 0. The molecule has 0 amide bonds. The SMILES string of the molecule is C=C(C)C(=O)Oc1ccccc1-c1cccc(O)c1. The molecule has 0 aliphatic rings. The van der Waals surface area contributed by atoms with Crippen LogP contribution < -0.4 is 4.74 Å². The van der Waals surface area contributed by atoms with Gasteiger partial charge in [-0.25, -0.2) is 4.79 Å². The molecule has 2 aromatic carbocycles. The van der Waals surface area contributed by atoms with E-state index < -0.39 is 5.97 Å². The lowest BCUT2D eigenvalue weighted by Crippen LogP contribution is -2.08. The number of carbonyl (C=O) groups is 1. The zero-order valence-corrected chi connectivity index (χ0v) is 10.6. The van der Waals surface area contributed by atoms with Crippen molar-refractivity contribution in [2.45, 2.75) is 6.92 Å². The molecule has 0 atom stereocenters. The van der Waals surface area contributed by atoms with E-state index in [-0.39, 0.29) is 5.75 Å². The van der Waals surface area contributed by atoms with Crippen LogP contribution in [0.5, 0.6) is 11.5 Å². The standard InChI is InChI=1S/C16H14O3/c1-11(2)16(18)19-15-9-4-3-8-14(15)12-6-5-7-13(17)10-12/h3-10,17H,1H2,2H3. The van der Waals surface area contributed by atoms with Gasteiger partial charge in [0.1, 0.15) is 11.5 Å². The van der Waals surface area contributed by atoms with E-state index in [1.54, 1.807) is 37.3 Å². The van der Waals surface area contributed by atoms with E-state index in [0.29, 0.717) is 11.3 Å².